The zero-order chi connectivity index (χ0) is 26.8. The monoisotopic (exact) mass is 605 g/mol. The number of aliphatic hydroxyl groups excluding tert-OH is 1. The van der Waals surface area contributed by atoms with Crippen LogP contribution in [0.15, 0.2) is 16.6 Å². The molecule has 14 heteroatoms. The molecule has 0 radical (unpaired) electrons. The number of rotatable bonds is 13. The number of β-amino-alcohol motifs (C(OH)–C–C–N with tert-alkyl or cyclic N) is 1. The Morgan fingerprint density at radius 3 is 2.35 bits per heavy atom. The predicted molar refractivity (Wildman–Crippen MR) is 138 cm³/mol. The second kappa shape index (κ2) is 14.5. The Labute approximate surface area is 225 Å². The molecule has 3 rings (SSSR count). The van der Waals surface area contributed by atoms with Gasteiger partial charge in [0.1, 0.15) is 23.2 Å². The Morgan fingerprint density at radius 1 is 1.08 bits per heavy atom. The van der Waals surface area contributed by atoms with Crippen molar-refractivity contribution in [2.75, 3.05) is 57.7 Å². The number of benzene rings is 1. The molecule has 1 aromatic carbocycles. The normalized spacial score (nSPS) is 14.5. The number of ether oxygens (including phenoxy) is 1. The van der Waals surface area contributed by atoms with Gasteiger partial charge in [-0.3, -0.25) is 10.2 Å². The van der Waals surface area contributed by atoms with E-state index in [9.17, 15) is 23.5 Å². The minimum Gasteiger partial charge on any atom is -0.477 e. The smallest absolute Gasteiger partial charge is 0.344 e. The number of nitrogens with one attached hydrogen (secondary N) is 2. The van der Waals surface area contributed by atoms with Crippen molar-refractivity contribution in [3.63, 3.8) is 0 Å². The number of urea groups is 1. The average molecular weight is 606 g/mol. The maximum atomic E-state index is 14.0. The van der Waals surface area contributed by atoms with Gasteiger partial charge in [0.15, 0.2) is 5.56 Å². The summed E-state index contributed by atoms with van der Waals surface area (Å²) in [5.74, 6) is -3.44. The van der Waals surface area contributed by atoms with Crippen molar-refractivity contribution in [1.29, 1.82) is 0 Å². The Morgan fingerprint density at radius 2 is 1.73 bits per heavy atom. The van der Waals surface area contributed by atoms with Crippen molar-refractivity contribution < 1.29 is 33.3 Å². The fourth-order valence-corrected chi connectivity index (χ4v) is 4.99. The minimum atomic E-state index is -1.40. The molecular weight excluding hydrogens is 576 g/mol. The highest BCUT2D eigenvalue weighted by Crippen LogP contribution is 2.31. The topological polar surface area (TPSA) is 127 Å². The number of unbranched alkanes of at least 4 members (excludes halogenated alkanes) is 2. The number of aliphatic hydroxyl groups is 1. The van der Waals surface area contributed by atoms with Crippen LogP contribution < -0.4 is 15.4 Å². The molecule has 4 N–H and O–H groups in total. The van der Waals surface area contributed by atoms with Crippen LogP contribution in [0.3, 0.4) is 0 Å². The number of halogens is 3. The van der Waals surface area contributed by atoms with Gasteiger partial charge in [-0.2, -0.15) is 4.37 Å². The van der Waals surface area contributed by atoms with Gasteiger partial charge in [0.2, 0.25) is 5.88 Å². The number of carboxylic acid groups (broad SMARTS) is 1. The minimum absolute atomic E-state index is 0.0444. The van der Waals surface area contributed by atoms with E-state index in [-0.39, 0.29) is 27.5 Å². The van der Waals surface area contributed by atoms with Crippen molar-refractivity contribution in [2.45, 2.75) is 25.9 Å². The van der Waals surface area contributed by atoms with Crippen LogP contribution in [-0.4, -0.2) is 88.8 Å². The molecule has 0 unspecified atom stereocenters. The predicted octanol–water partition coefficient (Wildman–Crippen LogP) is 3.36. The van der Waals surface area contributed by atoms with E-state index < -0.39 is 35.8 Å². The van der Waals surface area contributed by atoms with Gasteiger partial charge < -0.3 is 25.2 Å². The number of nitrogens with zero attached hydrogens (tertiary/aromatic N) is 3. The third kappa shape index (κ3) is 8.85. The van der Waals surface area contributed by atoms with Crippen molar-refractivity contribution in [3.05, 3.63) is 39.4 Å². The second-order valence-electron chi connectivity index (χ2n) is 8.48. The van der Waals surface area contributed by atoms with Crippen LogP contribution in [0.4, 0.5) is 18.6 Å². The van der Waals surface area contributed by atoms with E-state index in [2.05, 4.69) is 40.7 Å². The average Bonchev–Trinajstić information content (AvgIpc) is 3.24. The quantitative estimate of drug-likeness (QED) is 0.256. The number of carbonyl (C=O) groups excluding carboxylic acids is 1. The van der Waals surface area contributed by atoms with Gasteiger partial charge in [0.25, 0.3) is 0 Å². The van der Waals surface area contributed by atoms with Crippen LogP contribution in [0.5, 0.6) is 5.88 Å². The highest BCUT2D eigenvalue weighted by molar-refractivity contribution is 9.10. The molecule has 0 saturated carbocycles. The van der Waals surface area contributed by atoms with Crippen LogP contribution >= 0.6 is 27.5 Å². The van der Waals surface area contributed by atoms with E-state index in [0.717, 1.165) is 70.7 Å². The van der Waals surface area contributed by atoms with Gasteiger partial charge in [0, 0.05) is 43.7 Å². The molecule has 204 valence electrons. The van der Waals surface area contributed by atoms with Crippen LogP contribution in [-0.2, 0) is 6.61 Å². The molecule has 2 amide bonds. The van der Waals surface area contributed by atoms with Crippen LogP contribution in [0.1, 0.15) is 35.2 Å². The van der Waals surface area contributed by atoms with Crippen molar-refractivity contribution >= 4 is 44.5 Å². The molecule has 0 aliphatic carbocycles. The summed E-state index contributed by atoms with van der Waals surface area (Å²) in [5, 5.41) is 23.7. The van der Waals surface area contributed by atoms with Gasteiger partial charge in [-0.05, 0) is 43.1 Å². The van der Waals surface area contributed by atoms with Gasteiger partial charge in [0.05, 0.1) is 12.2 Å². The molecule has 0 bridgehead atoms. The zero-order valence-corrected chi connectivity index (χ0v) is 22.5. The van der Waals surface area contributed by atoms with Gasteiger partial charge >= 0.3 is 12.0 Å². The molecule has 0 atom stereocenters. The maximum Gasteiger partial charge on any atom is 0.344 e. The Balaban J connectivity index is 1.40. The zero-order valence-electron chi connectivity index (χ0n) is 20.1. The molecule has 1 aliphatic rings. The number of hydrogen-bond donors (Lipinski definition) is 4. The van der Waals surface area contributed by atoms with Crippen LogP contribution in [0.2, 0.25) is 0 Å². The number of piperazine rings is 1. The maximum absolute atomic E-state index is 14.0. The number of aromatic nitrogens is 1. The lowest BCUT2D eigenvalue weighted by molar-refractivity contribution is 0.0693. The first-order chi connectivity index (χ1) is 17.8. The highest BCUT2D eigenvalue weighted by Gasteiger charge is 2.24. The van der Waals surface area contributed by atoms with Crippen LogP contribution in [0, 0.1) is 11.6 Å². The van der Waals surface area contributed by atoms with E-state index >= 15 is 0 Å². The molecule has 1 saturated heterocycles. The van der Waals surface area contributed by atoms with Crippen molar-refractivity contribution in [2.24, 2.45) is 0 Å². The Kier molecular flexibility index (Phi) is 11.4. The Hall–Kier alpha value is -2.39. The van der Waals surface area contributed by atoms with Crippen LogP contribution in [0.25, 0.3) is 0 Å². The van der Waals surface area contributed by atoms with E-state index in [4.69, 9.17) is 9.84 Å². The third-order valence-corrected chi connectivity index (χ3v) is 7.08. The highest BCUT2D eigenvalue weighted by atomic mass is 79.9. The van der Waals surface area contributed by atoms with E-state index in [1.54, 1.807) is 0 Å². The van der Waals surface area contributed by atoms with Gasteiger partial charge in [-0.15, -0.1) is 0 Å². The van der Waals surface area contributed by atoms with Crippen molar-refractivity contribution in [1.82, 2.24) is 19.5 Å². The third-order valence-electron chi connectivity index (χ3n) is 5.88. The molecule has 1 fully saturated rings. The number of hydrogen-bond acceptors (Lipinski definition) is 8. The molecule has 2 aromatic rings. The lowest BCUT2D eigenvalue weighted by Gasteiger charge is -2.34. The van der Waals surface area contributed by atoms with E-state index in [1.165, 1.54) is 0 Å². The summed E-state index contributed by atoms with van der Waals surface area (Å²) in [4.78, 5) is 28.6. The number of amides is 2. The summed E-state index contributed by atoms with van der Waals surface area (Å²) in [7, 11) is 0. The molecule has 37 heavy (non-hydrogen) atoms. The SMILES string of the molecule is O=C(NCCCCCN1CCN(CCO)CC1)Nc1snc(OCc2c(F)cc(Br)cc2F)c1C(=O)O. The lowest BCUT2D eigenvalue weighted by Crippen LogP contribution is -2.47. The molecule has 1 aromatic heterocycles. The largest absolute Gasteiger partial charge is 0.477 e. The summed E-state index contributed by atoms with van der Waals surface area (Å²) in [5.41, 5.74) is -0.763. The molecule has 0 spiro atoms. The molecular formula is C23H30BrF2N5O5S. The second-order valence-corrected chi connectivity index (χ2v) is 10.2. The summed E-state index contributed by atoms with van der Waals surface area (Å²) in [6.07, 6.45) is 2.70. The standard InChI is InChI=1S/C23H30BrF2N5O5S/c24-15-12-17(25)16(18(26)13-15)14-36-20-19(22(33)34)21(37-29-20)28-23(35)27-4-2-1-3-5-30-6-8-31(9-7-30)10-11-32/h12-13,32H,1-11,14H2,(H,33,34)(H2,27,28,35). The molecule has 2 heterocycles. The first-order valence-electron chi connectivity index (χ1n) is 11.9. The molecule has 1 aliphatic heterocycles. The number of carbonyl (C=O) groups is 2. The Bertz CT molecular complexity index is 1050. The van der Waals surface area contributed by atoms with E-state index in [0.29, 0.717) is 18.1 Å². The first-order valence-corrected chi connectivity index (χ1v) is 13.4. The summed E-state index contributed by atoms with van der Waals surface area (Å²) in [6, 6.07) is 1.56. The number of carboxylic acids is 1. The molecule has 10 nitrogen and oxygen atoms in total. The van der Waals surface area contributed by atoms with E-state index in [1.807, 2.05) is 0 Å². The van der Waals surface area contributed by atoms with Gasteiger partial charge in [-0.25, -0.2) is 18.4 Å². The van der Waals surface area contributed by atoms with Crippen molar-refractivity contribution in [3.8, 4) is 5.88 Å². The number of anilines is 1. The summed E-state index contributed by atoms with van der Waals surface area (Å²) < 4.78 is 37.4. The van der Waals surface area contributed by atoms with Gasteiger partial charge in [-0.1, -0.05) is 22.4 Å². The summed E-state index contributed by atoms with van der Waals surface area (Å²) >= 11 is 3.69. The summed E-state index contributed by atoms with van der Waals surface area (Å²) in [6.45, 7) is 5.63. The fraction of sp³-hybridized carbons (Fsp3) is 0.522. The lowest BCUT2D eigenvalue weighted by atomic mass is 10.2. The first kappa shape index (κ1) is 29.2. The number of aromatic carboxylic acids is 1. The fourth-order valence-electron chi connectivity index (χ4n) is 3.86.